The van der Waals surface area contributed by atoms with Gasteiger partial charge in [0.2, 0.25) is 0 Å². The van der Waals surface area contributed by atoms with Crippen molar-refractivity contribution in [3.63, 3.8) is 0 Å². The molecule has 6 nitrogen and oxygen atoms in total. The second-order valence-corrected chi connectivity index (χ2v) is 4.17. The van der Waals surface area contributed by atoms with Crippen molar-refractivity contribution in [3.8, 4) is 11.5 Å². The number of aromatic hydroxyl groups is 2. The molecule has 0 saturated carbocycles. The van der Waals surface area contributed by atoms with Gasteiger partial charge >= 0.3 is 0 Å². The molecule has 92 valence electrons. The van der Waals surface area contributed by atoms with E-state index in [1.54, 1.807) is 6.08 Å². The molecule has 1 heterocycles. The molecule has 0 spiro atoms. The molecule has 1 aliphatic heterocycles. The summed E-state index contributed by atoms with van der Waals surface area (Å²) in [6.45, 7) is 0. The number of hydrogen-bond donors (Lipinski definition) is 2. The summed E-state index contributed by atoms with van der Waals surface area (Å²) in [5.41, 5.74) is 0.574. The minimum Gasteiger partial charge on any atom is -0.507 e. The average molecular weight is 247 g/mol. The van der Waals surface area contributed by atoms with Crippen molar-refractivity contribution in [3.05, 3.63) is 51.4 Å². The standard InChI is InChI=1S/C12H9NO5/c14-9-1-2-10(15)11-7(9)5-8(13(16)17)6-3-4-18-12(6)11/h1-6,12,14-15H. The number of phenols is 2. The van der Waals surface area contributed by atoms with Crippen molar-refractivity contribution in [1.29, 1.82) is 0 Å². The van der Waals surface area contributed by atoms with Gasteiger partial charge < -0.3 is 14.9 Å². The molecule has 1 aromatic rings. The Morgan fingerprint density at radius 2 is 2.00 bits per heavy atom. The molecular weight excluding hydrogens is 238 g/mol. The van der Waals surface area contributed by atoms with Crippen LogP contribution in [0.4, 0.5) is 0 Å². The maximum Gasteiger partial charge on any atom is 0.258 e. The summed E-state index contributed by atoms with van der Waals surface area (Å²) >= 11 is 0. The number of fused-ring (bicyclic) bond motifs is 3. The van der Waals surface area contributed by atoms with Crippen molar-refractivity contribution >= 4 is 6.08 Å². The number of hydrogen-bond acceptors (Lipinski definition) is 5. The van der Waals surface area contributed by atoms with Gasteiger partial charge in [-0.3, -0.25) is 10.1 Å². The first-order chi connectivity index (χ1) is 8.59. The van der Waals surface area contributed by atoms with Crippen LogP contribution in [0.15, 0.2) is 30.2 Å². The molecule has 2 aliphatic rings. The minimum absolute atomic E-state index is 0.0415. The van der Waals surface area contributed by atoms with E-state index >= 15 is 0 Å². The summed E-state index contributed by atoms with van der Waals surface area (Å²) in [7, 11) is 0. The molecule has 2 unspecified atom stereocenters. The molecule has 2 N–H and O–H groups in total. The number of ether oxygens (including phenoxy) is 1. The van der Waals surface area contributed by atoms with Crippen molar-refractivity contribution in [2.45, 2.75) is 6.10 Å². The molecule has 0 fully saturated rings. The lowest BCUT2D eigenvalue weighted by molar-refractivity contribution is -0.432. The van der Waals surface area contributed by atoms with E-state index in [0.717, 1.165) is 0 Å². The van der Waals surface area contributed by atoms with Crippen LogP contribution < -0.4 is 0 Å². The molecule has 6 heteroatoms. The lowest BCUT2D eigenvalue weighted by atomic mass is 9.84. The largest absolute Gasteiger partial charge is 0.507 e. The normalized spacial score (nSPS) is 23.9. The highest BCUT2D eigenvalue weighted by Gasteiger charge is 2.42. The van der Waals surface area contributed by atoms with Crippen LogP contribution in [0.2, 0.25) is 0 Å². The Hall–Kier alpha value is -2.50. The molecule has 1 aromatic carbocycles. The van der Waals surface area contributed by atoms with E-state index in [1.807, 2.05) is 0 Å². The molecule has 0 saturated heterocycles. The van der Waals surface area contributed by atoms with Gasteiger partial charge in [-0.05, 0) is 18.2 Å². The number of phenolic OH excluding ortho intramolecular Hbond substituents is 2. The summed E-state index contributed by atoms with van der Waals surface area (Å²) in [4.78, 5) is 10.5. The maximum atomic E-state index is 11.0. The zero-order valence-corrected chi connectivity index (χ0v) is 9.11. The molecular formula is C12H9NO5. The van der Waals surface area contributed by atoms with Gasteiger partial charge in [0.1, 0.15) is 23.5 Å². The first kappa shape index (κ1) is 10.6. The van der Waals surface area contributed by atoms with Gasteiger partial charge in [-0.2, -0.15) is 0 Å². The van der Waals surface area contributed by atoms with E-state index in [0.29, 0.717) is 5.56 Å². The van der Waals surface area contributed by atoms with Crippen LogP contribution >= 0.6 is 0 Å². The Morgan fingerprint density at radius 3 is 2.72 bits per heavy atom. The first-order valence-corrected chi connectivity index (χ1v) is 5.32. The predicted molar refractivity (Wildman–Crippen MR) is 61.2 cm³/mol. The van der Waals surface area contributed by atoms with E-state index < -0.39 is 16.9 Å². The third kappa shape index (κ3) is 1.29. The minimum atomic E-state index is -0.655. The van der Waals surface area contributed by atoms with E-state index in [1.165, 1.54) is 24.5 Å². The van der Waals surface area contributed by atoms with Gasteiger partial charge in [-0.25, -0.2) is 0 Å². The van der Waals surface area contributed by atoms with Crippen LogP contribution in [0.3, 0.4) is 0 Å². The van der Waals surface area contributed by atoms with E-state index in [9.17, 15) is 20.3 Å². The Morgan fingerprint density at radius 1 is 1.28 bits per heavy atom. The van der Waals surface area contributed by atoms with Gasteiger partial charge in [-0.15, -0.1) is 0 Å². The van der Waals surface area contributed by atoms with Crippen molar-refractivity contribution in [1.82, 2.24) is 0 Å². The fourth-order valence-electron chi connectivity index (χ4n) is 2.38. The average Bonchev–Trinajstić information content (AvgIpc) is 2.81. The molecule has 3 rings (SSSR count). The molecule has 0 aromatic heterocycles. The van der Waals surface area contributed by atoms with E-state index in [2.05, 4.69) is 0 Å². The van der Waals surface area contributed by atoms with Crippen molar-refractivity contribution in [2.24, 2.45) is 5.92 Å². The highest BCUT2D eigenvalue weighted by atomic mass is 16.6. The molecule has 0 radical (unpaired) electrons. The van der Waals surface area contributed by atoms with Gasteiger partial charge in [0.05, 0.1) is 11.2 Å². The predicted octanol–water partition coefficient (Wildman–Crippen LogP) is 1.93. The summed E-state index contributed by atoms with van der Waals surface area (Å²) < 4.78 is 5.30. The topological polar surface area (TPSA) is 92.8 Å². The van der Waals surface area contributed by atoms with Gasteiger partial charge in [0.15, 0.2) is 0 Å². The van der Waals surface area contributed by atoms with Crippen LogP contribution in [0.25, 0.3) is 6.08 Å². The Kier molecular flexibility index (Phi) is 2.07. The Bertz CT molecular complexity index is 605. The SMILES string of the molecule is O=[N+]([O-])C1=Cc2c(O)ccc(O)c2C2OC=CC12. The summed E-state index contributed by atoms with van der Waals surface area (Å²) in [6, 6.07) is 2.64. The first-order valence-electron chi connectivity index (χ1n) is 5.32. The quantitative estimate of drug-likeness (QED) is 0.449. The van der Waals surface area contributed by atoms with E-state index in [-0.39, 0.29) is 22.8 Å². The van der Waals surface area contributed by atoms with Gasteiger partial charge in [0, 0.05) is 17.2 Å². The fourth-order valence-corrected chi connectivity index (χ4v) is 2.38. The Balaban J connectivity index is 2.28. The lowest BCUT2D eigenvalue weighted by Crippen LogP contribution is -2.20. The smallest absolute Gasteiger partial charge is 0.258 e. The number of benzene rings is 1. The highest BCUT2D eigenvalue weighted by Crippen LogP contribution is 2.48. The zero-order chi connectivity index (χ0) is 12.9. The van der Waals surface area contributed by atoms with Crippen LogP contribution in [0.1, 0.15) is 17.2 Å². The number of rotatable bonds is 1. The second kappa shape index (κ2) is 3.49. The summed E-state index contributed by atoms with van der Waals surface area (Å²) in [6.07, 6.45) is 3.58. The Labute approximate surface area is 102 Å². The van der Waals surface area contributed by atoms with Crippen LogP contribution in [0.5, 0.6) is 11.5 Å². The molecule has 18 heavy (non-hydrogen) atoms. The summed E-state index contributed by atoms with van der Waals surface area (Å²) in [5, 5.41) is 30.6. The fraction of sp³-hybridized carbons (Fsp3) is 0.167. The summed E-state index contributed by atoms with van der Waals surface area (Å²) in [5.74, 6) is -0.698. The molecule has 0 bridgehead atoms. The van der Waals surface area contributed by atoms with Gasteiger partial charge in [0.25, 0.3) is 5.70 Å². The van der Waals surface area contributed by atoms with Crippen LogP contribution in [0, 0.1) is 16.0 Å². The third-order valence-corrected chi connectivity index (χ3v) is 3.21. The third-order valence-electron chi connectivity index (χ3n) is 3.21. The zero-order valence-electron chi connectivity index (χ0n) is 9.11. The van der Waals surface area contributed by atoms with Crippen LogP contribution in [-0.4, -0.2) is 15.1 Å². The second-order valence-electron chi connectivity index (χ2n) is 4.17. The number of nitro groups is 1. The highest BCUT2D eigenvalue weighted by molar-refractivity contribution is 5.69. The van der Waals surface area contributed by atoms with Gasteiger partial charge in [-0.1, -0.05) is 0 Å². The lowest BCUT2D eigenvalue weighted by Gasteiger charge is -2.24. The number of nitrogens with zero attached hydrogens (tertiary/aromatic N) is 1. The molecule has 0 amide bonds. The molecule has 2 atom stereocenters. The van der Waals surface area contributed by atoms with E-state index in [4.69, 9.17) is 4.74 Å². The maximum absolute atomic E-state index is 11.0. The monoisotopic (exact) mass is 247 g/mol. The molecule has 1 aliphatic carbocycles. The van der Waals surface area contributed by atoms with Crippen LogP contribution in [-0.2, 0) is 4.74 Å². The van der Waals surface area contributed by atoms with Crippen molar-refractivity contribution in [2.75, 3.05) is 0 Å². The van der Waals surface area contributed by atoms with Crippen molar-refractivity contribution < 1.29 is 19.9 Å².